The Kier molecular flexibility index (Phi) is 5.12. The van der Waals surface area contributed by atoms with Crippen LogP contribution in [0.2, 0.25) is 0 Å². The van der Waals surface area contributed by atoms with E-state index in [0.29, 0.717) is 26.2 Å². The number of hydrogen-bond donors (Lipinski definition) is 0. The SMILES string of the molecule is CCc1cc2c(N3CCN(C(=O)CCC(F)(F)F)CC3)ncnc2s1. The minimum atomic E-state index is -4.29. The first-order valence-corrected chi connectivity index (χ1v) is 9.02. The summed E-state index contributed by atoms with van der Waals surface area (Å²) < 4.78 is 36.8. The molecule has 0 saturated carbocycles. The van der Waals surface area contributed by atoms with Crippen LogP contribution in [0, 0.1) is 0 Å². The van der Waals surface area contributed by atoms with Crippen molar-refractivity contribution in [1.82, 2.24) is 14.9 Å². The lowest BCUT2D eigenvalue weighted by molar-refractivity contribution is -0.149. The largest absolute Gasteiger partial charge is 0.389 e. The predicted octanol–water partition coefficient (Wildman–Crippen LogP) is 3.24. The number of aryl methyl sites for hydroxylation is 1. The number of carbonyl (C=O) groups excluding carboxylic acids is 1. The molecule has 0 N–H and O–H groups in total. The van der Waals surface area contributed by atoms with Gasteiger partial charge in [-0.2, -0.15) is 13.2 Å². The van der Waals surface area contributed by atoms with Gasteiger partial charge < -0.3 is 9.80 Å². The highest BCUT2D eigenvalue weighted by molar-refractivity contribution is 7.18. The summed E-state index contributed by atoms with van der Waals surface area (Å²) in [5, 5.41) is 1.00. The zero-order chi connectivity index (χ0) is 18.0. The third-order valence-electron chi connectivity index (χ3n) is 4.26. The number of piperazine rings is 1. The molecule has 1 amide bonds. The van der Waals surface area contributed by atoms with E-state index in [1.54, 1.807) is 11.3 Å². The number of nitrogens with zero attached hydrogens (tertiary/aromatic N) is 4. The molecule has 1 saturated heterocycles. The second kappa shape index (κ2) is 7.15. The maximum atomic E-state index is 12.3. The Morgan fingerprint density at radius 1 is 1.24 bits per heavy atom. The predicted molar refractivity (Wildman–Crippen MR) is 90.9 cm³/mol. The van der Waals surface area contributed by atoms with Crippen molar-refractivity contribution < 1.29 is 18.0 Å². The van der Waals surface area contributed by atoms with Gasteiger partial charge in [0.15, 0.2) is 0 Å². The number of thiophene rings is 1. The van der Waals surface area contributed by atoms with Gasteiger partial charge in [0.25, 0.3) is 0 Å². The van der Waals surface area contributed by atoms with Crippen LogP contribution >= 0.6 is 11.3 Å². The van der Waals surface area contributed by atoms with Gasteiger partial charge in [0, 0.05) is 37.5 Å². The van der Waals surface area contributed by atoms with Crippen LogP contribution in [0.1, 0.15) is 24.6 Å². The Hall–Kier alpha value is -1.90. The minimum absolute atomic E-state index is 0.410. The van der Waals surface area contributed by atoms with Gasteiger partial charge in [-0.1, -0.05) is 6.92 Å². The molecular formula is C16H19F3N4OS. The van der Waals surface area contributed by atoms with E-state index in [1.165, 1.54) is 16.1 Å². The number of anilines is 1. The smallest absolute Gasteiger partial charge is 0.352 e. The van der Waals surface area contributed by atoms with Crippen molar-refractivity contribution in [2.75, 3.05) is 31.1 Å². The van der Waals surface area contributed by atoms with Gasteiger partial charge in [-0.3, -0.25) is 4.79 Å². The maximum absolute atomic E-state index is 12.3. The Balaban J connectivity index is 1.64. The maximum Gasteiger partial charge on any atom is 0.389 e. The monoisotopic (exact) mass is 372 g/mol. The van der Waals surface area contributed by atoms with Crippen LogP contribution in [0.25, 0.3) is 10.2 Å². The highest BCUT2D eigenvalue weighted by atomic mass is 32.1. The fraction of sp³-hybridized carbons (Fsp3) is 0.562. The van der Waals surface area contributed by atoms with Crippen LogP contribution in [-0.2, 0) is 11.2 Å². The van der Waals surface area contributed by atoms with Crippen molar-refractivity contribution >= 4 is 33.3 Å². The average molecular weight is 372 g/mol. The molecule has 1 aliphatic rings. The zero-order valence-electron chi connectivity index (χ0n) is 13.8. The van der Waals surface area contributed by atoms with Crippen molar-refractivity contribution in [1.29, 1.82) is 0 Å². The first kappa shape index (κ1) is 17.9. The molecule has 9 heteroatoms. The number of fused-ring (bicyclic) bond motifs is 1. The molecule has 2 aromatic rings. The normalized spacial score (nSPS) is 15.8. The van der Waals surface area contributed by atoms with Crippen molar-refractivity contribution in [3.05, 3.63) is 17.3 Å². The van der Waals surface area contributed by atoms with Crippen LogP contribution < -0.4 is 4.90 Å². The Morgan fingerprint density at radius 2 is 1.96 bits per heavy atom. The fourth-order valence-corrected chi connectivity index (χ4v) is 3.82. The van der Waals surface area contributed by atoms with E-state index in [4.69, 9.17) is 0 Å². The summed E-state index contributed by atoms with van der Waals surface area (Å²) in [6.07, 6.45) is -3.37. The highest BCUT2D eigenvalue weighted by Gasteiger charge is 2.30. The molecule has 1 aliphatic heterocycles. The number of hydrogen-bond acceptors (Lipinski definition) is 5. The molecule has 25 heavy (non-hydrogen) atoms. The molecule has 0 aliphatic carbocycles. The number of rotatable bonds is 4. The number of carbonyl (C=O) groups is 1. The second-order valence-corrected chi connectivity index (χ2v) is 7.08. The van der Waals surface area contributed by atoms with Crippen molar-refractivity contribution in [3.63, 3.8) is 0 Å². The average Bonchev–Trinajstić information content (AvgIpc) is 3.02. The summed E-state index contributed by atoms with van der Waals surface area (Å²) in [6.45, 7) is 4.02. The van der Waals surface area contributed by atoms with E-state index in [1.807, 2.05) is 0 Å². The Bertz CT molecular complexity index is 753. The van der Waals surface area contributed by atoms with Crippen molar-refractivity contribution in [2.24, 2.45) is 0 Å². The van der Waals surface area contributed by atoms with Gasteiger partial charge in [0.1, 0.15) is 17.0 Å². The lowest BCUT2D eigenvalue weighted by Gasteiger charge is -2.35. The molecule has 1 fully saturated rings. The molecule has 0 spiro atoms. The van der Waals surface area contributed by atoms with Gasteiger partial charge in [0.05, 0.1) is 11.8 Å². The van der Waals surface area contributed by atoms with E-state index in [9.17, 15) is 18.0 Å². The summed E-state index contributed by atoms with van der Waals surface area (Å²) in [4.78, 5) is 26.4. The molecule has 2 aromatic heterocycles. The van der Waals surface area contributed by atoms with Crippen LogP contribution in [0.15, 0.2) is 12.4 Å². The molecule has 5 nitrogen and oxygen atoms in total. The molecule has 0 unspecified atom stereocenters. The van der Waals surface area contributed by atoms with Gasteiger partial charge in [0.2, 0.25) is 5.91 Å². The highest BCUT2D eigenvalue weighted by Crippen LogP contribution is 2.31. The van der Waals surface area contributed by atoms with Gasteiger partial charge in [-0.15, -0.1) is 11.3 Å². The lowest BCUT2D eigenvalue weighted by atomic mass is 10.2. The number of alkyl halides is 3. The molecule has 0 atom stereocenters. The van der Waals surface area contributed by atoms with Crippen LogP contribution in [-0.4, -0.2) is 53.1 Å². The van der Waals surface area contributed by atoms with Crippen molar-refractivity contribution in [3.8, 4) is 0 Å². The first-order valence-electron chi connectivity index (χ1n) is 8.20. The topological polar surface area (TPSA) is 49.3 Å². The lowest BCUT2D eigenvalue weighted by Crippen LogP contribution is -2.49. The van der Waals surface area contributed by atoms with E-state index in [2.05, 4.69) is 27.9 Å². The third kappa shape index (κ3) is 4.20. The standard InChI is InChI=1S/C16H19F3N4OS/c1-2-11-9-12-14(20-10-21-15(12)25-11)23-7-5-22(6-8-23)13(24)3-4-16(17,18)19/h9-10H,2-8H2,1H3. The molecule has 3 heterocycles. The summed E-state index contributed by atoms with van der Waals surface area (Å²) in [5.41, 5.74) is 0. The number of amides is 1. The molecular weight excluding hydrogens is 353 g/mol. The Morgan fingerprint density at radius 3 is 2.60 bits per heavy atom. The first-order chi connectivity index (χ1) is 11.9. The van der Waals surface area contributed by atoms with E-state index in [0.717, 1.165) is 22.5 Å². The molecule has 0 aromatic carbocycles. The zero-order valence-corrected chi connectivity index (χ0v) is 14.7. The summed E-state index contributed by atoms with van der Waals surface area (Å²) in [5.74, 6) is 0.400. The molecule has 136 valence electrons. The second-order valence-electron chi connectivity index (χ2n) is 5.97. The molecule has 0 radical (unpaired) electrons. The Labute approximate surface area is 147 Å². The number of halogens is 3. The van der Waals surface area contributed by atoms with E-state index < -0.39 is 24.9 Å². The fourth-order valence-electron chi connectivity index (χ4n) is 2.89. The van der Waals surface area contributed by atoms with Crippen LogP contribution in [0.3, 0.4) is 0 Å². The van der Waals surface area contributed by atoms with E-state index >= 15 is 0 Å². The molecule has 3 rings (SSSR count). The number of aromatic nitrogens is 2. The third-order valence-corrected chi connectivity index (χ3v) is 5.45. The molecule has 0 bridgehead atoms. The van der Waals surface area contributed by atoms with Crippen molar-refractivity contribution in [2.45, 2.75) is 32.4 Å². The van der Waals surface area contributed by atoms with Gasteiger partial charge in [-0.05, 0) is 12.5 Å². The minimum Gasteiger partial charge on any atom is -0.352 e. The summed E-state index contributed by atoms with van der Waals surface area (Å²) in [7, 11) is 0. The summed E-state index contributed by atoms with van der Waals surface area (Å²) >= 11 is 1.64. The van der Waals surface area contributed by atoms with Gasteiger partial charge >= 0.3 is 6.18 Å². The quantitative estimate of drug-likeness (QED) is 0.827. The summed E-state index contributed by atoms with van der Waals surface area (Å²) in [6, 6.07) is 2.09. The van der Waals surface area contributed by atoms with E-state index in [-0.39, 0.29) is 0 Å². The van der Waals surface area contributed by atoms with Crippen LogP contribution in [0.5, 0.6) is 0 Å². The van der Waals surface area contributed by atoms with Gasteiger partial charge in [-0.25, -0.2) is 9.97 Å². The van der Waals surface area contributed by atoms with Crippen LogP contribution in [0.4, 0.5) is 19.0 Å².